The Balaban J connectivity index is 2.60. The van der Waals surface area contributed by atoms with Gasteiger partial charge < -0.3 is 0 Å². The van der Waals surface area contributed by atoms with Gasteiger partial charge in [-0.15, -0.1) is 0 Å². The first kappa shape index (κ1) is 8.49. The molecule has 13 heavy (non-hydrogen) atoms. The second-order valence-corrected chi connectivity index (χ2v) is 3.70. The normalized spacial score (nSPS) is 25.8. The summed E-state index contributed by atoms with van der Waals surface area (Å²) in [5, 5.41) is 0. The van der Waals surface area contributed by atoms with Crippen molar-refractivity contribution in [3.05, 3.63) is 41.0 Å². The van der Waals surface area contributed by atoms with Crippen molar-refractivity contribution in [2.45, 2.75) is 20.0 Å². The number of allylic oxidation sites excluding steroid dienone is 1. The number of benzene rings is 1. The third kappa shape index (κ3) is 1.28. The van der Waals surface area contributed by atoms with Gasteiger partial charge in [0.15, 0.2) is 0 Å². The lowest BCUT2D eigenvalue weighted by atomic mass is 9.86. The Hall–Kier alpha value is -1.11. The van der Waals surface area contributed by atoms with Crippen molar-refractivity contribution in [1.82, 2.24) is 0 Å². The van der Waals surface area contributed by atoms with Crippen LogP contribution in [0.25, 0.3) is 6.08 Å². The maximum atomic E-state index is 13.8. The minimum atomic E-state index is -0.832. The minimum Gasteiger partial charge on any atom is -0.242 e. The fraction of sp³-hybridized carbons (Fsp3) is 0.333. The highest BCUT2D eigenvalue weighted by Crippen LogP contribution is 2.36. The summed E-state index contributed by atoms with van der Waals surface area (Å²) in [6, 6.07) is 5.91. The fourth-order valence-electron chi connectivity index (χ4n) is 1.84. The highest BCUT2D eigenvalue weighted by molar-refractivity contribution is 5.59. The summed E-state index contributed by atoms with van der Waals surface area (Å²) < 4.78 is 13.8. The van der Waals surface area contributed by atoms with Gasteiger partial charge in [-0.1, -0.05) is 37.3 Å². The molecule has 0 saturated heterocycles. The Morgan fingerprint density at radius 3 is 2.85 bits per heavy atom. The van der Waals surface area contributed by atoms with E-state index in [1.165, 1.54) is 0 Å². The molecule has 0 saturated carbocycles. The first-order valence-corrected chi connectivity index (χ1v) is 4.62. The van der Waals surface area contributed by atoms with Gasteiger partial charge in [0.2, 0.25) is 0 Å². The molecule has 68 valence electrons. The summed E-state index contributed by atoms with van der Waals surface area (Å²) in [5.74, 6) is 0.00796. The predicted octanol–water partition coefficient (Wildman–Crippen LogP) is 3.67. The van der Waals surface area contributed by atoms with E-state index in [9.17, 15) is 4.39 Å². The highest BCUT2D eigenvalue weighted by Gasteiger charge is 2.23. The number of halogens is 1. The van der Waals surface area contributed by atoms with Gasteiger partial charge in [-0.25, -0.2) is 4.39 Å². The maximum absolute atomic E-state index is 13.8. The molecule has 1 heteroatoms. The molecule has 1 aliphatic rings. The van der Waals surface area contributed by atoms with E-state index in [1.54, 1.807) is 0 Å². The van der Waals surface area contributed by atoms with Gasteiger partial charge in [0.05, 0.1) is 0 Å². The molecule has 1 aromatic rings. The third-order valence-electron chi connectivity index (χ3n) is 2.67. The summed E-state index contributed by atoms with van der Waals surface area (Å²) in [7, 11) is 0. The van der Waals surface area contributed by atoms with Crippen molar-refractivity contribution in [2.24, 2.45) is 5.92 Å². The van der Waals surface area contributed by atoms with E-state index >= 15 is 0 Å². The Morgan fingerprint density at radius 2 is 2.08 bits per heavy atom. The van der Waals surface area contributed by atoms with Crippen LogP contribution >= 0.6 is 0 Å². The van der Waals surface area contributed by atoms with Crippen molar-refractivity contribution < 1.29 is 4.39 Å². The van der Waals surface area contributed by atoms with E-state index in [0.29, 0.717) is 0 Å². The molecule has 0 fully saturated rings. The van der Waals surface area contributed by atoms with Gasteiger partial charge in [0, 0.05) is 5.92 Å². The van der Waals surface area contributed by atoms with Crippen LogP contribution in [0.3, 0.4) is 0 Å². The molecular weight excluding hydrogens is 163 g/mol. The summed E-state index contributed by atoms with van der Waals surface area (Å²) in [6.07, 6.45) is 3.12. The number of rotatable bonds is 0. The molecule has 0 heterocycles. The minimum absolute atomic E-state index is 0.00796. The predicted molar refractivity (Wildman–Crippen MR) is 53.2 cm³/mol. The van der Waals surface area contributed by atoms with Crippen molar-refractivity contribution in [3.63, 3.8) is 0 Å². The summed E-state index contributed by atoms with van der Waals surface area (Å²) in [5.41, 5.74) is 2.96. The fourth-order valence-corrected chi connectivity index (χ4v) is 1.84. The van der Waals surface area contributed by atoms with E-state index in [2.05, 4.69) is 0 Å². The number of aryl methyl sites for hydroxylation is 1. The van der Waals surface area contributed by atoms with Gasteiger partial charge in [-0.05, 0) is 23.6 Å². The van der Waals surface area contributed by atoms with Crippen LogP contribution in [0, 0.1) is 12.8 Å². The molecule has 2 unspecified atom stereocenters. The van der Waals surface area contributed by atoms with Gasteiger partial charge in [0.25, 0.3) is 0 Å². The zero-order valence-electron chi connectivity index (χ0n) is 7.92. The number of fused-ring (bicyclic) bond motifs is 1. The van der Waals surface area contributed by atoms with Crippen molar-refractivity contribution in [3.8, 4) is 0 Å². The second kappa shape index (κ2) is 2.99. The maximum Gasteiger partial charge on any atom is 0.132 e. The molecule has 0 aromatic heterocycles. The highest BCUT2D eigenvalue weighted by atomic mass is 19.1. The quantitative estimate of drug-likeness (QED) is 0.565. The molecule has 0 aliphatic heterocycles. The van der Waals surface area contributed by atoms with Crippen LogP contribution in [0.5, 0.6) is 0 Å². The lowest BCUT2D eigenvalue weighted by Crippen LogP contribution is -2.09. The average molecular weight is 176 g/mol. The Bertz CT molecular complexity index is 352. The molecule has 2 atom stereocenters. The smallest absolute Gasteiger partial charge is 0.132 e. The second-order valence-electron chi connectivity index (χ2n) is 3.70. The Kier molecular flexibility index (Phi) is 1.95. The van der Waals surface area contributed by atoms with E-state index < -0.39 is 6.17 Å². The molecule has 0 nitrogen and oxygen atoms in total. The standard InChI is InChI=1S/C12H13F/c1-8-4-3-5-10-7-6-9(2)12(13)11(8)10/h3-7,9,12H,1-2H3. The molecule has 1 aromatic carbocycles. The Labute approximate surface area is 78.1 Å². The average Bonchev–Trinajstić information content (AvgIpc) is 2.12. The van der Waals surface area contributed by atoms with E-state index in [1.807, 2.05) is 44.2 Å². The van der Waals surface area contributed by atoms with Crippen molar-refractivity contribution in [1.29, 1.82) is 0 Å². The first-order valence-electron chi connectivity index (χ1n) is 4.62. The van der Waals surface area contributed by atoms with Crippen molar-refractivity contribution >= 4 is 6.08 Å². The zero-order chi connectivity index (χ0) is 9.42. The lowest BCUT2D eigenvalue weighted by molar-refractivity contribution is 0.279. The van der Waals surface area contributed by atoms with Gasteiger partial charge in [-0.2, -0.15) is 0 Å². The first-order chi connectivity index (χ1) is 6.20. The molecular formula is C12H13F. The lowest BCUT2D eigenvalue weighted by Gasteiger charge is -2.22. The molecule has 0 amide bonds. The third-order valence-corrected chi connectivity index (χ3v) is 2.67. The van der Waals surface area contributed by atoms with Crippen LogP contribution in [0.4, 0.5) is 4.39 Å². The number of hydrogen-bond donors (Lipinski definition) is 0. The SMILES string of the molecule is Cc1cccc2c1C(F)C(C)C=C2. The molecule has 0 N–H and O–H groups in total. The summed E-state index contributed by atoms with van der Waals surface area (Å²) in [4.78, 5) is 0. The van der Waals surface area contributed by atoms with Crippen LogP contribution in [0.15, 0.2) is 24.3 Å². The van der Waals surface area contributed by atoms with E-state index in [-0.39, 0.29) is 5.92 Å². The molecule has 1 aliphatic carbocycles. The monoisotopic (exact) mass is 176 g/mol. The number of alkyl halides is 1. The molecule has 0 radical (unpaired) electrons. The largest absolute Gasteiger partial charge is 0.242 e. The summed E-state index contributed by atoms with van der Waals surface area (Å²) in [6.45, 7) is 3.88. The van der Waals surface area contributed by atoms with Gasteiger partial charge >= 0.3 is 0 Å². The van der Waals surface area contributed by atoms with Crippen LogP contribution in [0.2, 0.25) is 0 Å². The van der Waals surface area contributed by atoms with Crippen LogP contribution in [-0.2, 0) is 0 Å². The van der Waals surface area contributed by atoms with E-state index in [4.69, 9.17) is 0 Å². The Morgan fingerprint density at radius 1 is 1.31 bits per heavy atom. The van der Waals surface area contributed by atoms with E-state index in [0.717, 1.165) is 16.7 Å². The number of hydrogen-bond acceptors (Lipinski definition) is 0. The molecule has 2 rings (SSSR count). The van der Waals surface area contributed by atoms with Crippen LogP contribution in [-0.4, -0.2) is 0 Å². The van der Waals surface area contributed by atoms with Gasteiger partial charge in [-0.3, -0.25) is 0 Å². The van der Waals surface area contributed by atoms with Crippen LogP contribution in [0.1, 0.15) is 29.8 Å². The van der Waals surface area contributed by atoms with Gasteiger partial charge in [0.1, 0.15) is 6.17 Å². The summed E-state index contributed by atoms with van der Waals surface area (Å²) >= 11 is 0. The van der Waals surface area contributed by atoms with Crippen LogP contribution < -0.4 is 0 Å². The molecule has 0 bridgehead atoms. The zero-order valence-corrected chi connectivity index (χ0v) is 7.92. The topological polar surface area (TPSA) is 0 Å². The van der Waals surface area contributed by atoms with Crippen molar-refractivity contribution in [2.75, 3.05) is 0 Å². The molecule has 0 spiro atoms.